The van der Waals surface area contributed by atoms with Gasteiger partial charge < -0.3 is 9.47 Å². The van der Waals surface area contributed by atoms with Crippen LogP contribution in [0.1, 0.15) is 27.2 Å². The molecule has 1 aliphatic rings. The zero-order valence-electron chi connectivity index (χ0n) is 8.57. The zero-order chi connectivity index (χ0) is 11.0. The molecule has 1 aliphatic heterocycles. The number of hydrogen-bond donors (Lipinski definition) is 0. The molecule has 14 heavy (non-hydrogen) atoms. The molecule has 0 spiro atoms. The van der Waals surface area contributed by atoms with Gasteiger partial charge in [0.05, 0.1) is 13.2 Å². The quantitative estimate of drug-likeness (QED) is 0.665. The van der Waals surface area contributed by atoms with Gasteiger partial charge in [-0.2, -0.15) is 13.2 Å². The molecule has 0 radical (unpaired) electrons. The number of ether oxygens (including phenoxy) is 2. The minimum Gasteiger partial charge on any atom is -0.340 e. The first-order valence-corrected chi connectivity index (χ1v) is 4.51. The minimum atomic E-state index is -4.46. The Morgan fingerprint density at radius 1 is 1.07 bits per heavy atom. The second-order valence-corrected chi connectivity index (χ2v) is 4.69. The van der Waals surface area contributed by atoms with Gasteiger partial charge in [-0.05, 0) is 5.41 Å². The van der Waals surface area contributed by atoms with E-state index in [1.54, 1.807) is 20.8 Å². The average Bonchev–Trinajstić information content (AvgIpc) is 2.31. The van der Waals surface area contributed by atoms with Crippen LogP contribution in [0, 0.1) is 5.41 Å². The Labute approximate surface area is 81.4 Å². The van der Waals surface area contributed by atoms with Gasteiger partial charge in [-0.3, -0.25) is 0 Å². The molecule has 0 unspecified atom stereocenters. The predicted octanol–water partition coefficient (Wildman–Crippen LogP) is 2.73. The van der Waals surface area contributed by atoms with Gasteiger partial charge in [0.1, 0.15) is 0 Å². The molecule has 0 bridgehead atoms. The second kappa shape index (κ2) is 3.38. The van der Waals surface area contributed by atoms with Crippen LogP contribution >= 0.6 is 0 Å². The van der Waals surface area contributed by atoms with Crippen molar-refractivity contribution >= 4 is 0 Å². The molecule has 5 heteroatoms. The highest BCUT2D eigenvalue weighted by Gasteiger charge is 2.61. The number of halogens is 3. The summed E-state index contributed by atoms with van der Waals surface area (Å²) in [7, 11) is 0. The van der Waals surface area contributed by atoms with Crippen LogP contribution in [-0.2, 0) is 9.47 Å². The van der Waals surface area contributed by atoms with E-state index >= 15 is 0 Å². The molecular formula is C9H15F3O2. The van der Waals surface area contributed by atoms with Crippen molar-refractivity contribution in [1.82, 2.24) is 0 Å². The van der Waals surface area contributed by atoms with Crippen LogP contribution in [0.4, 0.5) is 13.2 Å². The fraction of sp³-hybridized carbons (Fsp3) is 1.00. The molecule has 0 aliphatic carbocycles. The van der Waals surface area contributed by atoms with Crippen LogP contribution in [0.3, 0.4) is 0 Å². The molecule has 84 valence electrons. The van der Waals surface area contributed by atoms with Crippen molar-refractivity contribution in [2.45, 2.75) is 39.2 Å². The van der Waals surface area contributed by atoms with E-state index in [2.05, 4.69) is 0 Å². The Hall–Kier alpha value is -0.290. The van der Waals surface area contributed by atoms with Crippen molar-refractivity contribution in [1.29, 1.82) is 0 Å². The molecule has 0 aromatic carbocycles. The van der Waals surface area contributed by atoms with Gasteiger partial charge in [0.2, 0.25) is 0 Å². The van der Waals surface area contributed by atoms with Crippen LogP contribution in [0.25, 0.3) is 0 Å². The molecular weight excluding hydrogens is 197 g/mol. The van der Waals surface area contributed by atoms with E-state index in [0.717, 1.165) is 0 Å². The molecule has 2 nitrogen and oxygen atoms in total. The first-order valence-electron chi connectivity index (χ1n) is 4.51. The van der Waals surface area contributed by atoms with Crippen molar-refractivity contribution in [3.63, 3.8) is 0 Å². The van der Waals surface area contributed by atoms with E-state index in [4.69, 9.17) is 9.47 Å². The molecule has 0 N–H and O–H groups in total. The summed E-state index contributed by atoms with van der Waals surface area (Å²) in [5.74, 6) is -2.38. The monoisotopic (exact) mass is 212 g/mol. The largest absolute Gasteiger partial charge is 0.443 e. The normalized spacial score (nSPS) is 22.7. The topological polar surface area (TPSA) is 18.5 Å². The van der Waals surface area contributed by atoms with Gasteiger partial charge >= 0.3 is 6.18 Å². The molecule has 0 atom stereocenters. The van der Waals surface area contributed by atoms with Crippen LogP contribution in [0.15, 0.2) is 0 Å². The summed E-state index contributed by atoms with van der Waals surface area (Å²) in [5, 5.41) is 0. The highest BCUT2D eigenvalue weighted by atomic mass is 19.4. The van der Waals surface area contributed by atoms with Gasteiger partial charge in [-0.25, -0.2) is 0 Å². The van der Waals surface area contributed by atoms with Crippen LogP contribution < -0.4 is 0 Å². The SMILES string of the molecule is CC(C)(C)CC1(C(F)(F)F)OCCO1. The lowest BCUT2D eigenvalue weighted by molar-refractivity contribution is -0.352. The number of hydrogen-bond acceptors (Lipinski definition) is 2. The third kappa shape index (κ3) is 2.39. The molecule has 1 fully saturated rings. The smallest absolute Gasteiger partial charge is 0.340 e. The van der Waals surface area contributed by atoms with Gasteiger partial charge in [-0.15, -0.1) is 0 Å². The molecule has 0 aromatic rings. The highest BCUT2D eigenvalue weighted by Crippen LogP contribution is 2.44. The summed E-state index contributed by atoms with van der Waals surface area (Å²) in [5.41, 5.74) is -0.486. The average molecular weight is 212 g/mol. The fourth-order valence-corrected chi connectivity index (χ4v) is 1.52. The van der Waals surface area contributed by atoms with Crippen molar-refractivity contribution in [3.8, 4) is 0 Å². The summed E-state index contributed by atoms with van der Waals surface area (Å²) in [6.07, 6.45) is -4.64. The summed E-state index contributed by atoms with van der Waals surface area (Å²) in [6, 6.07) is 0. The van der Waals surface area contributed by atoms with Crippen molar-refractivity contribution < 1.29 is 22.6 Å². The molecule has 1 heterocycles. The Kier molecular flexibility index (Phi) is 2.84. The molecule has 0 saturated carbocycles. The number of alkyl halides is 3. The van der Waals surface area contributed by atoms with Gasteiger partial charge in [0.25, 0.3) is 5.79 Å². The number of rotatable bonds is 1. The summed E-state index contributed by atoms with van der Waals surface area (Å²) >= 11 is 0. The van der Waals surface area contributed by atoms with Crippen LogP contribution in [-0.4, -0.2) is 25.2 Å². The highest BCUT2D eigenvalue weighted by molar-refractivity contribution is 4.86. The molecule has 1 saturated heterocycles. The maximum absolute atomic E-state index is 12.7. The minimum absolute atomic E-state index is 0.00951. The maximum Gasteiger partial charge on any atom is 0.443 e. The van der Waals surface area contributed by atoms with Gasteiger partial charge in [0, 0.05) is 6.42 Å². The summed E-state index contributed by atoms with van der Waals surface area (Å²) in [4.78, 5) is 0. The van der Waals surface area contributed by atoms with E-state index in [-0.39, 0.29) is 19.6 Å². The predicted molar refractivity (Wildman–Crippen MR) is 44.8 cm³/mol. The lowest BCUT2D eigenvalue weighted by atomic mass is 9.87. The zero-order valence-corrected chi connectivity index (χ0v) is 8.57. The lowest BCUT2D eigenvalue weighted by Gasteiger charge is -2.34. The van der Waals surface area contributed by atoms with Crippen molar-refractivity contribution in [3.05, 3.63) is 0 Å². The maximum atomic E-state index is 12.7. The standard InChI is InChI=1S/C9H15F3O2/c1-7(2,3)6-8(9(10,11)12)13-4-5-14-8/h4-6H2,1-3H3. The third-order valence-electron chi connectivity index (χ3n) is 1.95. The van der Waals surface area contributed by atoms with E-state index < -0.39 is 17.4 Å². The summed E-state index contributed by atoms with van der Waals surface area (Å²) in [6.45, 7) is 5.20. The first kappa shape index (κ1) is 11.8. The van der Waals surface area contributed by atoms with Gasteiger partial charge in [-0.1, -0.05) is 20.8 Å². The Bertz CT molecular complexity index is 199. The molecule has 0 aromatic heterocycles. The van der Waals surface area contributed by atoms with Crippen molar-refractivity contribution in [2.75, 3.05) is 13.2 Å². The Morgan fingerprint density at radius 2 is 1.50 bits per heavy atom. The fourth-order valence-electron chi connectivity index (χ4n) is 1.52. The Balaban J connectivity index is 2.83. The van der Waals surface area contributed by atoms with E-state index in [1.165, 1.54) is 0 Å². The van der Waals surface area contributed by atoms with Crippen LogP contribution in [0.2, 0.25) is 0 Å². The first-order chi connectivity index (χ1) is 6.16. The molecule has 0 amide bonds. The third-order valence-corrected chi connectivity index (χ3v) is 1.95. The van der Waals surface area contributed by atoms with Gasteiger partial charge in [0.15, 0.2) is 0 Å². The Morgan fingerprint density at radius 3 is 1.79 bits per heavy atom. The van der Waals surface area contributed by atoms with E-state index in [1.807, 2.05) is 0 Å². The van der Waals surface area contributed by atoms with Crippen molar-refractivity contribution in [2.24, 2.45) is 5.41 Å². The lowest BCUT2D eigenvalue weighted by Crippen LogP contribution is -2.48. The van der Waals surface area contributed by atoms with E-state index in [0.29, 0.717) is 0 Å². The molecule has 1 rings (SSSR count). The van der Waals surface area contributed by atoms with E-state index in [9.17, 15) is 13.2 Å². The van der Waals surface area contributed by atoms with Crippen LogP contribution in [0.5, 0.6) is 0 Å². The summed E-state index contributed by atoms with van der Waals surface area (Å²) < 4.78 is 47.6. The second-order valence-electron chi connectivity index (χ2n) is 4.69.